The second-order valence-electron chi connectivity index (χ2n) is 6.75. The van der Waals surface area contributed by atoms with Gasteiger partial charge in [-0.3, -0.25) is 4.79 Å². The molecule has 0 unspecified atom stereocenters. The van der Waals surface area contributed by atoms with Crippen LogP contribution in [0.4, 0.5) is 4.39 Å². The number of carbonyl (C=O) groups is 1. The smallest absolute Gasteiger partial charge is 0.253 e. The second kappa shape index (κ2) is 6.83. The highest BCUT2D eigenvalue weighted by Gasteiger charge is 2.25. The van der Waals surface area contributed by atoms with Crippen LogP contribution < -0.4 is 4.74 Å². The van der Waals surface area contributed by atoms with E-state index in [0.717, 1.165) is 29.5 Å². The second-order valence-corrected chi connectivity index (χ2v) is 6.75. The number of halogens is 1. The average molecular weight is 352 g/mol. The summed E-state index contributed by atoms with van der Waals surface area (Å²) in [4.78, 5) is 17.9. The number of rotatable bonds is 3. The first-order valence-electron chi connectivity index (χ1n) is 8.85. The monoisotopic (exact) mass is 352 g/mol. The summed E-state index contributed by atoms with van der Waals surface area (Å²) in [6.07, 6.45) is 1.79. The summed E-state index contributed by atoms with van der Waals surface area (Å²) in [5.74, 6) is 0.770. The highest BCUT2D eigenvalue weighted by molar-refractivity contribution is 5.94. The lowest BCUT2D eigenvalue weighted by Crippen LogP contribution is -2.38. The Balaban J connectivity index is 1.45. The fourth-order valence-corrected chi connectivity index (χ4v) is 3.68. The van der Waals surface area contributed by atoms with Crippen LogP contribution in [0.25, 0.3) is 10.9 Å². The minimum Gasteiger partial charge on any atom is -0.497 e. The number of aromatic nitrogens is 1. The first-order valence-corrected chi connectivity index (χ1v) is 8.85. The maximum Gasteiger partial charge on any atom is 0.253 e. The van der Waals surface area contributed by atoms with Crippen LogP contribution in [0.5, 0.6) is 5.75 Å². The third-order valence-electron chi connectivity index (χ3n) is 5.14. The van der Waals surface area contributed by atoms with E-state index in [1.165, 1.54) is 17.8 Å². The number of nitrogens with zero attached hydrogens (tertiary/aromatic N) is 1. The van der Waals surface area contributed by atoms with Crippen molar-refractivity contribution >= 4 is 16.8 Å². The van der Waals surface area contributed by atoms with Crippen molar-refractivity contribution in [3.05, 3.63) is 65.6 Å². The number of fused-ring (bicyclic) bond motifs is 1. The molecular weight excluding hydrogens is 331 g/mol. The van der Waals surface area contributed by atoms with Gasteiger partial charge in [-0.1, -0.05) is 6.07 Å². The maximum atomic E-state index is 13.3. The summed E-state index contributed by atoms with van der Waals surface area (Å²) >= 11 is 0. The molecule has 1 saturated heterocycles. The maximum absolute atomic E-state index is 13.3. The van der Waals surface area contributed by atoms with Crippen LogP contribution in [-0.4, -0.2) is 36.0 Å². The van der Waals surface area contributed by atoms with E-state index >= 15 is 0 Å². The molecule has 0 saturated carbocycles. The van der Waals surface area contributed by atoms with Crippen LogP contribution in [0, 0.1) is 5.82 Å². The molecule has 0 atom stereocenters. The minimum atomic E-state index is -0.376. The Morgan fingerprint density at radius 3 is 2.69 bits per heavy atom. The molecule has 4 nitrogen and oxygen atoms in total. The lowest BCUT2D eigenvalue weighted by Gasteiger charge is -2.31. The lowest BCUT2D eigenvalue weighted by atomic mass is 9.93. The number of benzene rings is 2. The van der Waals surface area contributed by atoms with Gasteiger partial charge in [0.25, 0.3) is 5.91 Å². The van der Waals surface area contributed by atoms with Crippen molar-refractivity contribution in [1.29, 1.82) is 0 Å². The number of hydrogen-bond acceptors (Lipinski definition) is 2. The first kappa shape index (κ1) is 16.6. The van der Waals surface area contributed by atoms with Gasteiger partial charge in [0.2, 0.25) is 0 Å². The van der Waals surface area contributed by atoms with Gasteiger partial charge < -0.3 is 14.6 Å². The number of nitrogens with one attached hydrogen (secondary N) is 1. The molecule has 1 amide bonds. The largest absolute Gasteiger partial charge is 0.497 e. The topological polar surface area (TPSA) is 45.3 Å². The minimum absolute atomic E-state index is 0.0932. The number of amides is 1. The molecule has 1 aliphatic rings. The molecule has 2 aromatic carbocycles. The third-order valence-corrected chi connectivity index (χ3v) is 5.14. The van der Waals surface area contributed by atoms with E-state index in [4.69, 9.17) is 4.74 Å². The van der Waals surface area contributed by atoms with Crippen LogP contribution in [0.1, 0.15) is 34.8 Å². The van der Waals surface area contributed by atoms with E-state index in [0.29, 0.717) is 24.6 Å². The van der Waals surface area contributed by atoms with E-state index in [-0.39, 0.29) is 11.7 Å². The van der Waals surface area contributed by atoms with Crippen LogP contribution in [0.15, 0.2) is 48.5 Å². The molecule has 1 aliphatic heterocycles. The van der Waals surface area contributed by atoms with Gasteiger partial charge in [0, 0.05) is 41.2 Å². The molecule has 1 fully saturated rings. The Kier molecular flexibility index (Phi) is 4.37. The predicted octanol–water partition coefficient (Wildman–Crippen LogP) is 4.34. The van der Waals surface area contributed by atoms with Crippen molar-refractivity contribution < 1.29 is 13.9 Å². The SMILES string of the molecule is COc1ccc2[nH]c(C3CCN(C(=O)c4cccc(F)c4)CC3)cc2c1. The molecule has 3 aromatic rings. The van der Waals surface area contributed by atoms with Gasteiger partial charge in [-0.25, -0.2) is 4.39 Å². The average Bonchev–Trinajstić information content (AvgIpc) is 3.10. The molecule has 1 N–H and O–H groups in total. The number of hydrogen-bond donors (Lipinski definition) is 1. The highest BCUT2D eigenvalue weighted by Crippen LogP contribution is 2.31. The van der Waals surface area contributed by atoms with E-state index in [1.807, 2.05) is 23.1 Å². The molecule has 134 valence electrons. The summed E-state index contributed by atoms with van der Waals surface area (Å²) in [6, 6.07) is 14.1. The van der Waals surface area contributed by atoms with Gasteiger partial charge in [0.15, 0.2) is 0 Å². The Labute approximate surface area is 151 Å². The van der Waals surface area contributed by atoms with Gasteiger partial charge in [-0.05, 0) is 55.3 Å². The van der Waals surface area contributed by atoms with Crippen LogP contribution >= 0.6 is 0 Å². The molecule has 0 aliphatic carbocycles. The zero-order valence-corrected chi connectivity index (χ0v) is 14.7. The van der Waals surface area contributed by atoms with Crippen LogP contribution in [-0.2, 0) is 0 Å². The summed E-state index contributed by atoms with van der Waals surface area (Å²) in [5, 5.41) is 1.14. The van der Waals surface area contributed by atoms with Crippen molar-refractivity contribution in [2.75, 3.05) is 20.2 Å². The first-order chi connectivity index (χ1) is 12.6. The molecular formula is C21H21FN2O2. The van der Waals surface area contributed by atoms with Gasteiger partial charge in [-0.2, -0.15) is 0 Å². The molecule has 1 aromatic heterocycles. The van der Waals surface area contributed by atoms with E-state index in [2.05, 4.69) is 11.1 Å². The lowest BCUT2D eigenvalue weighted by molar-refractivity contribution is 0.0711. The number of H-pyrrole nitrogens is 1. The zero-order chi connectivity index (χ0) is 18.1. The van der Waals surface area contributed by atoms with Gasteiger partial charge in [0.1, 0.15) is 11.6 Å². The fraction of sp³-hybridized carbons (Fsp3) is 0.286. The van der Waals surface area contributed by atoms with E-state index in [1.54, 1.807) is 19.2 Å². The van der Waals surface area contributed by atoms with E-state index < -0.39 is 0 Å². The quantitative estimate of drug-likeness (QED) is 0.762. The molecule has 0 spiro atoms. The van der Waals surface area contributed by atoms with Crippen molar-refractivity contribution in [1.82, 2.24) is 9.88 Å². The molecule has 5 heteroatoms. The summed E-state index contributed by atoms with van der Waals surface area (Å²) in [6.45, 7) is 1.36. The van der Waals surface area contributed by atoms with Gasteiger partial charge in [-0.15, -0.1) is 0 Å². The van der Waals surface area contributed by atoms with E-state index in [9.17, 15) is 9.18 Å². The van der Waals surface area contributed by atoms with Gasteiger partial charge in [0.05, 0.1) is 7.11 Å². The number of methoxy groups -OCH3 is 1. The van der Waals surface area contributed by atoms with Crippen molar-refractivity contribution in [2.24, 2.45) is 0 Å². The highest BCUT2D eigenvalue weighted by atomic mass is 19.1. The number of aromatic amines is 1. The standard InChI is InChI=1S/C21H21FN2O2/c1-26-18-5-6-19-16(12-18)13-20(23-19)14-7-9-24(10-8-14)21(25)15-3-2-4-17(22)11-15/h2-6,11-14,23H,7-10H2,1H3. The van der Waals surface area contributed by atoms with Crippen LogP contribution in [0.2, 0.25) is 0 Å². The molecule has 2 heterocycles. The molecule has 4 rings (SSSR count). The number of carbonyl (C=O) groups excluding carboxylic acids is 1. The summed E-state index contributed by atoms with van der Waals surface area (Å²) in [5.41, 5.74) is 2.71. The Bertz CT molecular complexity index is 942. The molecule has 0 radical (unpaired) electrons. The number of likely N-dealkylation sites (tertiary alicyclic amines) is 1. The Morgan fingerprint density at radius 2 is 1.96 bits per heavy atom. The van der Waals surface area contributed by atoms with Gasteiger partial charge >= 0.3 is 0 Å². The normalized spacial score (nSPS) is 15.4. The summed E-state index contributed by atoms with van der Waals surface area (Å²) in [7, 11) is 1.67. The molecule has 0 bridgehead atoms. The van der Waals surface area contributed by atoms with Crippen LogP contribution in [0.3, 0.4) is 0 Å². The Morgan fingerprint density at radius 1 is 1.15 bits per heavy atom. The van der Waals surface area contributed by atoms with Crippen molar-refractivity contribution in [2.45, 2.75) is 18.8 Å². The third kappa shape index (κ3) is 3.17. The number of piperidine rings is 1. The predicted molar refractivity (Wildman–Crippen MR) is 99.1 cm³/mol. The Hall–Kier alpha value is -2.82. The van der Waals surface area contributed by atoms with Crippen molar-refractivity contribution in [3.8, 4) is 5.75 Å². The summed E-state index contributed by atoms with van der Waals surface area (Å²) < 4.78 is 18.6. The fourth-order valence-electron chi connectivity index (χ4n) is 3.68. The molecule has 26 heavy (non-hydrogen) atoms. The van der Waals surface area contributed by atoms with Crippen molar-refractivity contribution in [3.63, 3.8) is 0 Å². The zero-order valence-electron chi connectivity index (χ0n) is 14.7. The number of ether oxygens (including phenoxy) is 1.